The summed E-state index contributed by atoms with van der Waals surface area (Å²) < 4.78 is 6.81. The van der Waals surface area contributed by atoms with Crippen LogP contribution in [0.15, 0.2) is 41.3 Å². The SMILES string of the molecule is CN1CC[C@]23c4c5ccc(O)c4O[C@H]2[C@H](N2CCSc4ccccc42)CC[C@H]3[C@H]1C5. The number of thioether (sulfide) groups is 1. The Morgan fingerprint density at radius 3 is 2.93 bits per heavy atom. The molecule has 0 unspecified atom stereocenters. The second-order valence-electron chi connectivity index (χ2n) is 9.79. The van der Waals surface area contributed by atoms with Crippen molar-refractivity contribution in [1.82, 2.24) is 4.90 Å². The number of aromatic hydroxyl groups is 1. The van der Waals surface area contributed by atoms with Gasteiger partial charge in [-0.25, -0.2) is 0 Å². The highest BCUT2D eigenvalue weighted by atomic mass is 32.2. The van der Waals surface area contributed by atoms with E-state index in [4.69, 9.17) is 4.74 Å². The van der Waals surface area contributed by atoms with Crippen LogP contribution in [0.1, 0.15) is 30.4 Å². The number of fused-ring (bicyclic) bond motifs is 1. The average Bonchev–Trinajstić information content (AvgIpc) is 3.13. The van der Waals surface area contributed by atoms with Gasteiger partial charge in [-0.2, -0.15) is 0 Å². The van der Waals surface area contributed by atoms with Crippen molar-refractivity contribution in [3.05, 3.63) is 47.5 Å². The predicted octanol–water partition coefficient (Wildman–Crippen LogP) is 4.04. The summed E-state index contributed by atoms with van der Waals surface area (Å²) in [4.78, 5) is 6.63. The molecule has 2 aromatic rings. The van der Waals surface area contributed by atoms with Crippen LogP contribution >= 0.6 is 11.8 Å². The van der Waals surface area contributed by atoms with Crippen LogP contribution in [0.2, 0.25) is 0 Å². The van der Waals surface area contributed by atoms with E-state index in [2.05, 4.69) is 47.2 Å². The van der Waals surface area contributed by atoms with Crippen LogP contribution in [0.3, 0.4) is 0 Å². The summed E-state index contributed by atoms with van der Waals surface area (Å²) in [5.74, 6) is 2.90. The fraction of sp³-hybridized carbons (Fsp3) is 0.520. The molecule has 30 heavy (non-hydrogen) atoms. The lowest BCUT2D eigenvalue weighted by atomic mass is 9.51. The van der Waals surface area contributed by atoms with Crippen molar-refractivity contribution >= 4 is 17.4 Å². The monoisotopic (exact) mass is 420 g/mol. The van der Waals surface area contributed by atoms with Gasteiger partial charge in [0.2, 0.25) is 0 Å². The Morgan fingerprint density at radius 2 is 2.00 bits per heavy atom. The highest BCUT2D eigenvalue weighted by molar-refractivity contribution is 7.99. The zero-order valence-corrected chi connectivity index (χ0v) is 18.2. The van der Waals surface area contributed by atoms with Gasteiger partial charge in [0.25, 0.3) is 0 Å². The molecule has 1 saturated heterocycles. The van der Waals surface area contributed by atoms with Crippen molar-refractivity contribution in [3.63, 3.8) is 0 Å². The molecular formula is C25H28N2O2S. The minimum absolute atomic E-state index is 0.0568. The first-order valence-corrected chi connectivity index (χ1v) is 12.4. The number of nitrogens with zero attached hydrogens (tertiary/aromatic N) is 2. The molecule has 3 aliphatic heterocycles. The van der Waals surface area contributed by atoms with Gasteiger partial charge < -0.3 is 19.6 Å². The lowest BCUT2D eigenvalue weighted by Crippen LogP contribution is -2.68. The standard InChI is InChI=1S/C25H28N2O2S/c1-26-11-10-25-16-7-8-18(27-12-13-30-21-5-3-2-4-17(21)27)24(25)29-23-20(28)9-6-15(22(23)25)14-19(16)26/h2-6,9,16,18-19,24,28H,7-8,10-14H2,1H3/t16-,18+,19+,24-,25-/m0/s1. The number of phenolic OH excluding ortho intramolecular Hbond substituents is 1. The molecule has 1 spiro atoms. The quantitative estimate of drug-likeness (QED) is 0.753. The summed E-state index contributed by atoms with van der Waals surface area (Å²) in [6.45, 7) is 2.19. The molecule has 1 saturated carbocycles. The topological polar surface area (TPSA) is 35.9 Å². The number of phenols is 1. The first-order chi connectivity index (χ1) is 14.7. The maximum Gasteiger partial charge on any atom is 0.165 e. The van der Waals surface area contributed by atoms with E-state index in [0.29, 0.717) is 23.8 Å². The number of likely N-dealkylation sites (tertiary alicyclic amines) is 1. The molecule has 5 aliphatic rings. The van der Waals surface area contributed by atoms with E-state index in [1.807, 2.05) is 17.8 Å². The van der Waals surface area contributed by atoms with Crippen molar-refractivity contribution in [2.75, 3.05) is 30.8 Å². The second-order valence-corrected chi connectivity index (χ2v) is 10.9. The molecule has 2 aliphatic carbocycles. The summed E-state index contributed by atoms with van der Waals surface area (Å²) in [5, 5.41) is 10.8. The highest BCUT2D eigenvalue weighted by Gasteiger charge is 2.66. The van der Waals surface area contributed by atoms with Gasteiger partial charge in [-0.1, -0.05) is 18.2 Å². The molecule has 5 heteroatoms. The van der Waals surface area contributed by atoms with Crippen LogP contribution < -0.4 is 9.64 Å². The Hall–Kier alpha value is -1.85. The van der Waals surface area contributed by atoms with E-state index < -0.39 is 0 Å². The molecule has 0 aromatic heterocycles. The Kier molecular flexibility index (Phi) is 3.62. The molecule has 1 N–H and O–H groups in total. The molecule has 4 nitrogen and oxygen atoms in total. The van der Waals surface area contributed by atoms with Gasteiger partial charge in [-0.3, -0.25) is 0 Å². The van der Waals surface area contributed by atoms with E-state index >= 15 is 0 Å². The summed E-state index contributed by atoms with van der Waals surface area (Å²) >= 11 is 1.97. The zero-order chi connectivity index (χ0) is 20.0. The number of hydrogen-bond donors (Lipinski definition) is 1. The van der Waals surface area contributed by atoms with Gasteiger partial charge in [-0.15, -0.1) is 11.8 Å². The van der Waals surface area contributed by atoms with Crippen LogP contribution in [0.25, 0.3) is 0 Å². The van der Waals surface area contributed by atoms with Crippen molar-refractivity contribution in [2.24, 2.45) is 5.92 Å². The Morgan fingerprint density at radius 1 is 1.10 bits per heavy atom. The number of para-hydroxylation sites is 1. The maximum absolute atomic E-state index is 10.8. The summed E-state index contributed by atoms with van der Waals surface area (Å²) in [5.41, 5.74) is 4.21. The van der Waals surface area contributed by atoms with Gasteiger partial charge in [0.05, 0.1) is 11.7 Å². The van der Waals surface area contributed by atoms with Gasteiger partial charge in [0, 0.05) is 34.2 Å². The van der Waals surface area contributed by atoms with E-state index in [0.717, 1.165) is 37.4 Å². The van der Waals surface area contributed by atoms with Crippen LogP contribution in [0.5, 0.6) is 11.5 Å². The van der Waals surface area contributed by atoms with Crippen LogP contribution in [0, 0.1) is 5.92 Å². The summed E-state index contributed by atoms with van der Waals surface area (Å²) in [6, 6.07) is 13.9. The van der Waals surface area contributed by atoms with Crippen LogP contribution in [-0.4, -0.2) is 54.1 Å². The fourth-order valence-electron chi connectivity index (χ4n) is 7.56. The molecule has 156 valence electrons. The fourth-order valence-corrected chi connectivity index (χ4v) is 8.58. The summed E-state index contributed by atoms with van der Waals surface area (Å²) in [6.07, 6.45) is 4.78. The highest BCUT2D eigenvalue weighted by Crippen LogP contribution is 2.64. The van der Waals surface area contributed by atoms with Crippen molar-refractivity contribution in [3.8, 4) is 11.5 Å². The normalized spacial score (nSPS) is 36.1. The van der Waals surface area contributed by atoms with Crippen molar-refractivity contribution in [1.29, 1.82) is 0 Å². The second kappa shape index (κ2) is 6.10. The molecule has 3 heterocycles. The van der Waals surface area contributed by atoms with Crippen molar-refractivity contribution in [2.45, 2.75) is 54.2 Å². The minimum atomic E-state index is 0.0568. The lowest BCUT2D eigenvalue weighted by molar-refractivity contribution is -0.0523. The third-order valence-electron chi connectivity index (χ3n) is 8.73. The molecular weight excluding hydrogens is 392 g/mol. The van der Waals surface area contributed by atoms with Gasteiger partial charge >= 0.3 is 0 Å². The lowest BCUT2D eigenvalue weighted by Gasteiger charge is -2.60. The first-order valence-electron chi connectivity index (χ1n) is 11.4. The number of ether oxygens (including phenoxy) is 1. The van der Waals surface area contributed by atoms with Crippen LogP contribution in [0.4, 0.5) is 5.69 Å². The molecule has 7 rings (SSSR count). The maximum atomic E-state index is 10.8. The number of anilines is 1. The van der Waals surface area contributed by atoms with Gasteiger partial charge in [0.15, 0.2) is 11.5 Å². The largest absolute Gasteiger partial charge is 0.504 e. The smallest absolute Gasteiger partial charge is 0.165 e. The molecule has 2 fully saturated rings. The Labute approximate surface area is 182 Å². The first kappa shape index (κ1) is 17.8. The molecule has 5 atom stereocenters. The number of piperidine rings is 1. The molecule has 0 radical (unpaired) electrons. The number of likely N-dealkylation sites (N-methyl/N-ethyl adjacent to an activating group) is 1. The zero-order valence-electron chi connectivity index (χ0n) is 17.4. The van der Waals surface area contributed by atoms with E-state index in [9.17, 15) is 5.11 Å². The number of hydrogen-bond acceptors (Lipinski definition) is 5. The Bertz CT molecular complexity index is 1040. The third-order valence-corrected chi connectivity index (χ3v) is 9.77. The Balaban J connectivity index is 1.40. The van der Waals surface area contributed by atoms with Gasteiger partial charge in [-0.05, 0) is 69.0 Å². The third kappa shape index (κ3) is 2.08. The van der Waals surface area contributed by atoms with Crippen LogP contribution in [-0.2, 0) is 11.8 Å². The predicted molar refractivity (Wildman–Crippen MR) is 120 cm³/mol. The van der Waals surface area contributed by atoms with Crippen molar-refractivity contribution < 1.29 is 9.84 Å². The van der Waals surface area contributed by atoms with E-state index in [1.54, 1.807) is 0 Å². The number of benzene rings is 2. The molecule has 2 aromatic carbocycles. The van der Waals surface area contributed by atoms with Gasteiger partial charge in [0.1, 0.15) is 6.10 Å². The number of rotatable bonds is 1. The molecule has 0 amide bonds. The summed E-state index contributed by atoms with van der Waals surface area (Å²) in [7, 11) is 2.30. The van der Waals surface area contributed by atoms with E-state index in [1.165, 1.54) is 34.6 Å². The average molecular weight is 421 g/mol. The van der Waals surface area contributed by atoms with E-state index in [-0.39, 0.29) is 11.5 Å². The minimum Gasteiger partial charge on any atom is -0.504 e. The molecule has 2 bridgehead atoms.